The molecule has 0 saturated carbocycles. The Balaban J connectivity index is 0.00000624. The van der Waals surface area contributed by atoms with E-state index in [-0.39, 0.29) is 55.1 Å². The Morgan fingerprint density at radius 2 is 1.32 bits per heavy atom. The Morgan fingerprint density at radius 1 is 0.635 bits per heavy atom. The third-order valence-electron chi connectivity index (χ3n) is 11.4. The van der Waals surface area contributed by atoms with Gasteiger partial charge in [-0.15, -0.1) is 48.1 Å². The number of aromatic nitrogens is 2. The van der Waals surface area contributed by atoms with Crippen LogP contribution in [0, 0.1) is 25.7 Å². The molecule has 6 heteroatoms. The van der Waals surface area contributed by atoms with Crippen molar-refractivity contribution in [3.63, 3.8) is 0 Å². The SMILES string of the molecule is [2H]c1c([2H])c([2H])c(-c2cccc(-c3cnc(-n4c5[c-]c(Oc6[c-]c(N7[CH-]N(c8cc(C(C)(C)C)cc(C(C)(C)C)c8)c8ccccc87)ccc6)ccc5c5ccccc54)cc3C([2H])([2H])[2H])c2)c([2H])c1[2H].[Pt]. The molecule has 0 N–H and O–H groups in total. The number of anilines is 4. The molecule has 9 aromatic rings. The molecule has 0 saturated heterocycles. The van der Waals surface area contributed by atoms with Gasteiger partial charge in [-0.3, -0.25) is 0 Å². The van der Waals surface area contributed by atoms with Gasteiger partial charge in [0.05, 0.1) is 6.85 Å². The number of ether oxygens (including phenoxy) is 1. The van der Waals surface area contributed by atoms with E-state index in [9.17, 15) is 0 Å². The summed E-state index contributed by atoms with van der Waals surface area (Å²) in [5, 5.41) is 1.78. The molecule has 3 heterocycles. The maximum atomic E-state index is 8.70. The minimum absolute atomic E-state index is 0. The molecular formula is C57H49N4OPt-3. The second kappa shape index (κ2) is 16.4. The summed E-state index contributed by atoms with van der Waals surface area (Å²) in [5.41, 5.74) is 8.92. The van der Waals surface area contributed by atoms with Crippen LogP contribution >= 0.6 is 0 Å². The molecule has 5 nitrogen and oxygen atoms in total. The first-order chi connectivity index (χ1) is 33.2. The fourth-order valence-electron chi connectivity index (χ4n) is 8.09. The van der Waals surface area contributed by atoms with Gasteiger partial charge in [0.25, 0.3) is 0 Å². The van der Waals surface area contributed by atoms with Gasteiger partial charge < -0.3 is 19.1 Å². The van der Waals surface area contributed by atoms with Gasteiger partial charge in [-0.05, 0) is 98.9 Å². The molecule has 1 aliphatic rings. The molecule has 0 aliphatic carbocycles. The molecule has 0 unspecified atom stereocenters. The number of nitrogens with zero attached hydrogens (tertiary/aromatic N) is 4. The predicted molar refractivity (Wildman–Crippen MR) is 257 cm³/mol. The smallest absolute Gasteiger partial charge is 0.135 e. The Kier molecular flexibility index (Phi) is 8.62. The van der Waals surface area contributed by atoms with E-state index in [1.807, 2.05) is 65.2 Å². The number of pyridine rings is 1. The average molecular weight is 1010 g/mol. The van der Waals surface area contributed by atoms with Gasteiger partial charge in [0.2, 0.25) is 0 Å². The van der Waals surface area contributed by atoms with E-state index in [4.69, 9.17) is 20.7 Å². The van der Waals surface area contributed by atoms with Crippen LogP contribution in [-0.2, 0) is 31.9 Å². The summed E-state index contributed by atoms with van der Waals surface area (Å²) in [4.78, 5) is 9.23. The molecule has 316 valence electrons. The van der Waals surface area contributed by atoms with Crippen molar-refractivity contribution < 1.29 is 36.8 Å². The van der Waals surface area contributed by atoms with Crippen LogP contribution in [0.5, 0.6) is 11.5 Å². The van der Waals surface area contributed by atoms with Crippen molar-refractivity contribution in [2.24, 2.45) is 0 Å². The van der Waals surface area contributed by atoms with E-state index in [0.717, 1.165) is 39.0 Å². The van der Waals surface area contributed by atoms with Crippen LogP contribution in [0.3, 0.4) is 0 Å². The number of hydrogen-bond acceptors (Lipinski definition) is 4. The second-order valence-electron chi connectivity index (χ2n) is 17.7. The standard InChI is InChI=1S/C57H49N4O.Pt/c1-38-29-55(58-36-50(38)41-20-15-19-40(30-41)39-17-9-8-10-18-39)61-51-24-12-11-23-48(51)49-28-27-47(35-54(49)61)62-46-22-16-21-44(34-46)59-37-60(53-26-14-13-25-52(53)59)45-32-42(56(2,3)4)31-43(33-45)57(5,6)7;/h8-33,36-37H,1-7H3;/q-3;/i1D3,8D,9D,10D,17D,18D;. The first kappa shape index (κ1) is 33.2. The van der Waals surface area contributed by atoms with Crippen LogP contribution < -0.4 is 14.5 Å². The zero-order valence-electron chi connectivity index (χ0n) is 43.8. The fraction of sp³-hybridized carbons (Fsp3) is 0.158. The fourth-order valence-corrected chi connectivity index (χ4v) is 8.09. The minimum atomic E-state index is -2.59. The van der Waals surface area contributed by atoms with Crippen molar-refractivity contribution in [2.45, 2.75) is 59.2 Å². The predicted octanol–water partition coefficient (Wildman–Crippen LogP) is 15.2. The van der Waals surface area contributed by atoms with E-state index >= 15 is 0 Å². The van der Waals surface area contributed by atoms with Gasteiger partial charge in [-0.25, -0.2) is 4.98 Å². The van der Waals surface area contributed by atoms with E-state index in [0.29, 0.717) is 39.5 Å². The molecule has 2 aromatic heterocycles. The molecule has 63 heavy (non-hydrogen) atoms. The van der Waals surface area contributed by atoms with E-state index in [1.165, 1.54) is 17.3 Å². The van der Waals surface area contributed by atoms with Crippen molar-refractivity contribution in [1.82, 2.24) is 9.55 Å². The molecular weight excluding hydrogens is 952 g/mol. The van der Waals surface area contributed by atoms with Crippen molar-refractivity contribution in [1.29, 1.82) is 0 Å². The molecule has 0 bridgehead atoms. The van der Waals surface area contributed by atoms with Crippen molar-refractivity contribution in [2.75, 3.05) is 9.80 Å². The average Bonchev–Trinajstić information content (AvgIpc) is 3.88. The van der Waals surface area contributed by atoms with Crippen LogP contribution in [0.1, 0.15) is 69.2 Å². The van der Waals surface area contributed by atoms with Crippen LogP contribution in [0.25, 0.3) is 49.9 Å². The molecule has 7 aromatic carbocycles. The zero-order chi connectivity index (χ0) is 49.6. The summed E-state index contributed by atoms with van der Waals surface area (Å²) in [6.45, 7) is 13.0. The van der Waals surface area contributed by atoms with E-state index in [1.54, 1.807) is 30.3 Å². The molecule has 0 radical (unpaired) electrons. The summed E-state index contributed by atoms with van der Waals surface area (Å²) < 4.78 is 76.1. The third kappa shape index (κ3) is 7.96. The van der Waals surface area contributed by atoms with Crippen molar-refractivity contribution in [3.05, 3.63) is 199 Å². The monoisotopic (exact) mass is 1010 g/mol. The summed E-state index contributed by atoms with van der Waals surface area (Å²) in [7, 11) is 0. The Labute approximate surface area is 397 Å². The molecule has 1 aliphatic heterocycles. The van der Waals surface area contributed by atoms with Crippen molar-refractivity contribution in [3.8, 4) is 39.6 Å². The van der Waals surface area contributed by atoms with E-state index in [2.05, 4.69) is 107 Å². The van der Waals surface area contributed by atoms with Gasteiger partial charge in [-0.1, -0.05) is 132 Å². The molecule has 10 rings (SSSR count). The van der Waals surface area contributed by atoms with Gasteiger partial charge in [0, 0.05) is 71.0 Å². The van der Waals surface area contributed by atoms with Gasteiger partial charge in [0.15, 0.2) is 0 Å². The molecule has 0 spiro atoms. The van der Waals surface area contributed by atoms with Crippen LogP contribution in [0.2, 0.25) is 0 Å². The molecule has 0 atom stereocenters. The Hall–Kier alpha value is -6.42. The van der Waals surface area contributed by atoms with Gasteiger partial charge in [0.1, 0.15) is 5.82 Å². The summed E-state index contributed by atoms with van der Waals surface area (Å²) >= 11 is 0. The topological polar surface area (TPSA) is 33.5 Å². The largest absolute Gasteiger partial charge is 0.509 e. The quantitative estimate of drug-likeness (QED) is 0.149. The number of rotatable bonds is 7. The Bertz CT molecular complexity index is 3500. The normalized spacial score (nSPS) is 14.8. The maximum absolute atomic E-state index is 8.70. The maximum Gasteiger partial charge on any atom is 0.135 e. The van der Waals surface area contributed by atoms with E-state index < -0.39 is 25.0 Å². The Morgan fingerprint density at radius 3 is 2.06 bits per heavy atom. The first-order valence-electron chi connectivity index (χ1n) is 24.7. The first-order valence-corrected chi connectivity index (χ1v) is 20.7. The van der Waals surface area contributed by atoms with Crippen LogP contribution in [0.15, 0.2) is 164 Å². The third-order valence-corrected chi connectivity index (χ3v) is 11.4. The van der Waals surface area contributed by atoms with Gasteiger partial charge >= 0.3 is 0 Å². The van der Waals surface area contributed by atoms with Gasteiger partial charge in [-0.2, -0.15) is 12.1 Å². The zero-order valence-corrected chi connectivity index (χ0v) is 38.1. The van der Waals surface area contributed by atoms with Crippen LogP contribution in [0.4, 0.5) is 22.7 Å². The number of fused-ring (bicyclic) bond motifs is 4. The molecule has 0 fully saturated rings. The van der Waals surface area contributed by atoms with Crippen LogP contribution in [-0.4, -0.2) is 9.55 Å². The summed E-state index contributed by atoms with van der Waals surface area (Å²) in [6, 6.07) is 45.8. The number of benzene rings is 7. The number of aryl methyl sites for hydroxylation is 1. The number of para-hydroxylation sites is 3. The summed E-state index contributed by atoms with van der Waals surface area (Å²) in [5.74, 6) is 1.24. The van der Waals surface area contributed by atoms with Crippen molar-refractivity contribution >= 4 is 44.6 Å². The molecule has 0 amide bonds. The second-order valence-corrected chi connectivity index (χ2v) is 17.7. The number of hydrogen-bond donors (Lipinski definition) is 0. The minimum Gasteiger partial charge on any atom is -0.509 e. The summed E-state index contributed by atoms with van der Waals surface area (Å²) in [6.07, 6.45) is 1.51.